The maximum Gasteiger partial charge on any atom is 0.239 e. The summed E-state index contributed by atoms with van der Waals surface area (Å²) < 4.78 is -0.170. The normalized spacial score (nSPS) is 33.0. The maximum absolute atomic E-state index is 9.37. The first-order chi connectivity index (χ1) is 4.17. The highest BCUT2D eigenvalue weighted by atomic mass is 16.5. The Balaban J connectivity index is 2.78. The molecule has 0 bridgehead atoms. The lowest BCUT2D eigenvalue weighted by Gasteiger charge is -2.15. The second-order valence-electron chi connectivity index (χ2n) is 2.22. The van der Waals surface area contributed by atoms with Crippen LogP contribution >= 0.6 is 0 Å². The van der Waals surface area contributed by atoms with Gasteiger partial charge in [0, 0.05) is 6.42 Å². The lowest BCUT2D eigenvalue weighted by atomic mass is 10.4. The molecule has 0 aromatic carbocycles. The van der Waals surface area contributed by atoms with Crippen LogP contribution < -0.4 is 0 Å². The van der Waals surface area contributed by atoms with Crippen molar-refractivity contribution >= 4 is 5.84 Å². The summed E-state index contributed by atoms with van der Waals surface area (Å²) in [6.07, 6.45) is 4.05. The number of aliphatic imine (C=N–C) groups is 1. The van der Waals surface area contributed by atoms with E-state index in [9.17, 15) is 5.21 Å². The topological polar surface area (TPSA) is 32.6 Å². The van der Waals surface area contributed by atoms with E-state index < -0.39 is 0 Å². The molecule has 1 rings (SSSR count). The predicted octanol–water partition coefficient (Wildman–Crippen LogP) is 1.12. The lowest BCUT2D eigenvalue weighted by Crippen LogP contribution is -2.38. The minimum Gasteiger partial charge on any atom is -0.206 e. The van der Waals surface area contributed by atoms with Gasteiger partial charge in [0.1, 0.15) is 7.05 Å². The zero-order valence-electron chi connectivity index (χ0n) is 5.70. The fourth-order valence-corrected chi connectivity index (χ4v) is 0.864. The van der Waals surface area contributed by atoms with Gasteiger partial charge in [0.25, 0.3) is 0 Å². The largest absolute Gasteiger partial charge is 0.239 e. The van der Waals surface area contributed by atoms with E-state index in [4.69, 9.17) is 0 Å². The molecule has 0 spiro atoms. The van der Waals surface area contributed by atoms with Crippen LogP contribution in [0.15, 0.2) is 17.4 Å². The molecule has 0 aromatic rings. The number of rotatable bonds is 1. The molecule has 0 amide bonds. The molecule has 0 aliphatic carbocycles. The summed E-state index contributed by atoms with van der Waals surface area (Å²) >= 11 is 0. The van der Waals surface area contributed by atoms with Gasteiger partial charge in [-0.2, -0.15) is 0 Å². The predicted molar refractivity (Wildman–Crippen MR) is 34.8 cm³/mol. The van der Waals surface area contributed by atoms with Crippen molar-refractivity contribution in [3.05, 3.63) is 12.4 Å². The minimum atomic E-state index is -0.170. The van der Waals surface area contributed by atoms with E-state index in [1.165, 1.54) is 0 Å². The van der Waals surface area contributed by atoms with Crippen LogP contribution in [-0.2, 0) is 0 Å². The minimum absolute atomic E-state index is 0.170. The molecule has 0 fully saturated rings. The second-order valence-corrected chi connectivity index (χ2v) is 2.22. The van der Waals surface area contributed by atoms with E-state index in [1.807, 2.05) is 6.92 Å². The van der Waals surface area contributed by atoms with Crippen LogP contribution in [0.4, 0.5) is 0 Å². The Kier molecular flexibility index (Phi) is 1.38. The van der Waals surface area contributed by atoms with Crippen molar-refractivity contribution in [2.75, 3.05) is 7.05 Å². The third-order valence-corrected chi connectivity index (χ3v) is 1.42. The molecular weight excluding hydrogens is 116 g/mol. The van der Waals surface area contributed by atoms with Crippen LogP contribution in [0.2, 0.25) is 0 Å². The molecule has 9 heavy (non-hydrogen) atoms. The summed E-state index contributed by atoms with van der Waals surface area (Å²) in [5, 5.41) is 9.37. The van der Waals surface area contributed by atoms with Gasteiger partial charge >= 0.3 is 0 Å². The summed E-state index contributed by atoms with van der Waals surface area (Å²) in [4.78, 5) is 3.97. The molecule has 50 valence electrons. The van der Waals surface area contributed by atoms with Gasteiger partial charge in [-0.15, -0.1) is 4.65 Å². The molecule has 1 unspecified atom stereocenters. The fraction of sp³-hybridized carbons (Fsp3) is 0.500. The van der Waals surface area contributed by atoms with Crippen LogP contribution in [0, 0.1) is 0 Å². The Labute approximate surface area is 54.5 Å². The zero-order valence-corrected chi connectivity index (χ0v) is 5.70. The molecule has 0 aromatic heterocycles. The van der Waals surface area contributed by atoms with Crippen LogP contribution in [-0.4, -0.2) is 22.7 Å². The van der Waals surface area contributed by atoms with Crippen molar-refractivity contribution in [1.29, 1.82) is 0 Å². The molecule has 1 heterocycles. The van der Waals surface area contributed by atoms with Crippen LogP contribution in [0.1, 0.15) is 13.3 Å². The summed E-state index contributed by atoms with van der Waals surface area (Å²) in [6, 6.07) is 0. The number of hydrogen-bond donors (Lipinski definition) is 1. The average Bonchev–Trinajstić information content (AvgIpc) is 2.08. The van der Waals surface area contributed by atoms with Gasteiger partial charge in [-0.3, -0.25) is 0 Å². The van der Waals surface area contributed by atoms with E-state index in [2.05, 4.69) is 4.99 Å². The van der Waals surface area contributed by atoms with Crippen LogP contribution in [0.5, 0.6) is 0 Å². The van der Waals surface area contributed by atoms with Crippen molar-refractivity contribution in [1.82, 2.24) is 0 Å². The summed E-state index contributed by atoms with van der Waals surface area (Å²) in [5.74, 6) is 0.787. The lowest BCUT2D eigenvalue weighted by molar-refractivity contribution is -0.972. The van der Waals surface area contributed by atoms with Crippen molar-refractivity contribution in [2.45, 2.75) is 13.3 Å². The Morgan fingerprint density at radius 2 is 2.44 bits per heavy atom. The van der Waals surface area contributed by atoms with Gasteiger partial charge in [0.15, 0.2) is 6.20 Å². The molecule has 3 heteroatoms. The molecule has 1 aliphatic rings. The van der Waals surface area contributed by atoms with Gasteiger partial charge in [-0.25, -0.2) is 10.2 Å². The highest BCUT2D eigenvalue weighted by molar-refractivity contribution is 5.76. The van der Waals surface area contributed by atoms with Crippen LogP contribution in [0.25, 0.3) is 0 Å². The van der Waals surface area contributed by atoms with Gasteiger partial charge in [0.2, 0.25) is 5.84 Å². The SMILES string of the molecule is CCC1=NC=C[N+]1(C)O. The number of nitrogens with zero attached hydrogens (tertiary/aromatic N) is 2. The molecule has 0 saturated carbocycles. The molecule has 1 aliphatic heterocycles. The Hall–Kier alpha value is -0.670. The standard InChI is InChI=1S/C6H11N2O/c1-3-6-7-4-5-8(6,2)9/h4-5,9H,3H2,1-2H3/q+1. The maximum atomic E-state index is 9.37. The van der Waals surface area contributed by atoms with E-state index >= 15 is 0 Å². The molecule has 0 saturated heterocycles. The number of amidine groups is 1. The third-order valence-electron chi connectivity index (χ3n) is 1.42. The molecule has 1 N–H and O–H groups in total. The molecular formula is C6H11N2O+. The van der Waals surface area contributed by atoms with Gasteiger partial charge in [-0.1, -0.05) is 6.92 Å². The summed E-state index contributed by atoms with van der Waals surface area (Å²) in [5.41, 5.74) is 0. The van der Waals surface area contributed by atoms with Crippen molar-refractivity contribution in [2.24, 2.45) is 4.99 Å². The first kappa shape index (κ1) is 6.45. The second kappa shape index (κ2) is 1.93. The highest BCUT2D eigenvalue weighted by Gasteiger charge is 2.26. The van der Waals surface area contributed by atoms with Gasteiger partial charge in [0.05, 0.1) is 6.20 Å². The van der Waals surface area contributed by atoms with E-state index in [1.54, 1.807) is 19.4 Å². The van der Waals surface area contributed by atoms with E-state index in [0.29, 0.717) is 0 Å². The average molecular weight is 127 g/mol. The van der Waals surface area contributed by atoms with Gasteiger partial charge < -0.3 is 0 Å². The smallest absolute Gasteiger partial charge is 0.206 e. The highest BCUT2D eigenvalue weighted by Crippen LogP contribution is 2.10. The Morgan fingerprint density at radius 1 is 1.78 bits per heavy atom. The monoisotopic (exact) mass is 127 g/mol. The molecule has 3 nitrogen and oxygen atoms in total. The Morgan fingerprint density at radius 3 is 2.67 bits per heavy atom. The number of hydrogen-bond acceptors (Lipinski definition) is 2. The molecule has 1 atom stereocenters. The van der Waals surface area contributed by atoms with Crippen molar-refractivity contribution < 1.29 is 9.85 Å². The fourth-order valence-electron chi connectivity index (χ4n) is 0.864. The summed E-state index contributed by atoms with van der Waals surface area (Å²) in [6.45, 7) is 1.97. The first-order valence-electron chi connectivity index (χ1n) is 3.00. The van der Waals surface area contributed by atoms with Gasteiger partial charge in [-0.05, 0) is 0 Å². The third kappa shape index (κ3) is 1.01. The van der Waals surface area contributed by atoms with E-state index in [0.717, 1.165) is 12.3 Å². The number of hydroxylamine groups is 3. The van der Waals surface area contributed by atoms with Crippen molar-refractivity contribution in [3.63, 3.8) is 0 Å². The summed E-state index contributed by atoms with van der Waals surface area (Å²) in [7, 11) is 1.69. The number of quaternary nitrogens is 1. The quantitative estimate of drug-likeness (QED) is 0.526. The van der Waals surface area contributed by atoms with Crippen molar-refractivity contribution in [3.8, 4) is 0 Å². The zero-order chi connectivity index (χ0) is 6.91. The molecule has 0 radical (unpaired) electrons. The first-order valence-corrected chi connectivity index (χ1v) is 3.00. The van der Waals surface area contributed by atoms with Crippen LogP contribution in [0.3, 0.4) is 0 Å². The van der Waals surface area contributed by atoms with E-state index in [-0.39, 0.29) is 4.65 Å². The Bertz CT molecular complexity index is 170.